The Bertz CT molecular complexity index is 862. The fourth-order valence-corrected chi connectivity index (χ4v) is 4.45. The number of nitro groups is 1. The van der Waals surface area contributed by atoms with E-state index in [1.807, 2.05) is 0 Å². The predicted molar refractivity (Wildman–Crippen MR) is 86.1 cm³/mol. The van der Waals surface area contributed by atoms with Gasteiger partial charge in [0, 0.05) is 12.1 Å². The molecule has 0 saturated heterocycles. The number of carbonyl (C=O) groups is 1. The molecule has 0 bridgehead atoms. The number of non-ortho nitro benzene ring substituents is 1. The van der Waals surface area contributed by atoms with Crippen molar-refractivity contribution in [1.29, 1.82) is 0 Å². The lowest BCUT2D eigenvalue weighted by molar-refractivity contribution is -0.384. The summed E-state index contributed by atoms with van der Waals surface area (Å²) >= 11 is 0.907. The Kier molecular flexibility index (Phi) is 5.04. The van der Waals surface area contributed by atoms with E-state index >= 15 is 0 Å². The Morgan fingerprint density at radius 3 is 2.62 bits per heavy atom. The summed E-state index contributed by atoms with van der Waals surface area (Å²) in [6.07, 6.45) is 0. The molecular formula is C13H12N2O7S2. The maximum absolute atomic E-state index is 12.7. The zero-order valence-corrected chi connectivity index (χ0v) is 13.9. The van der Waals surface area contributed by atoms with Crippen LogP contribution in [0.5, 0.6) is 5.75 Å². The van der Waals surface area contributed by atoms with E-state index in [-0.39, 0.29) is 21.3 Å². The zero-order valence-electron chi connectivity index (χ0n) is 12.3. The number of methoxy groups -OCH3 is 1. The number of aliphatic carboxylic acids is 1. The molecule has 0 amide bonds. The van der Waals surface area contributed by atoms with Gasteiger partial charge in [0.1, 0.15) is 22.2 Å². The van der Waals surface area contributed by atoms with Crippen LogP contribution in [-0.2, 0) is 14.8 Å². The topological polar surface area (TPSA) is 127 Å². The molecule has 128 valence electrons. The third-order valence-electron chi connectivity index (χ3n) is 2.96. The number of hydrogen-bond acceptors (Lipinski definition) is 7. The zero-order chi connectivity index (χ0) is 17.9. The summed E-state index contributed by atoms with van der Waals surface area (Å²) < 4.78 is 31.0. The molecule has 24 heavy (non-hydrogen) atoms. The molecular weight excluding hydrogens is 360 g/mol. The van der Waals surface area contributed by atoms with Crippen LogP contribution in [-0.4, -0.2) is 38.1 Å². The smallest absolute Gasteiger partial charge is 0.324 e. The van der Waals surface area contributed by atoms with Crippen LogP contribution in [0.15, 0.2) is 39.9 Å². The van der Waals surface area contributed by atoms with Gasteiger partial charge in [-0.15, -0.1) is 11.3 Å². The van der Waals surface area contributed by atoms with E-state index < -0.39 is 27.5 Å². The molecule has 0 aliphatic carbocycles. The first-order valence-electron chi connectivity index (χ1n) is 6.38. The fourth-order valence-electron chi connectivity index (χ4n) is 1.93. The Labute approximate surface area is 140 Å². The van der Waals surface area contributed by atoms with Crippen molar-refractivity contribution < 1.29 is 28.0 Å². The van der Waals surface area contributed by atoms with Crippen molar-refractivity contribution in [2.45, 2.75) is 4.21 Å². The van der Waals surface area contributed by atoms with Crippen LogP contribution < -0.4 is 9.04 Å². The lowest BCUT2D eigenvalue weighted by Gasteiger charge is -2.23. The number of hydrogen-bond donors (Lipinski definition) is 1. The van der Waals surface area contributed by atoms with E-state index in [9.17, 15) is 23.3 Å². The SMILES string of the molecule is COc1ccc([N+](=O)[O-])cc1N(CC(=O)O)S(=O)(=O)c1cccs1. The summed E-state index contributed by atoms with van der Waals surface area (Å²) in [6.45, 7) is -0.905. The minimum absolute atomic E-state index is 0.00183. The third-order valence-corrected chi connectivity index (χ3v) is 6.09. The predicted octanol–water partition coefficient (Wildman–Crippen LogP) is 1.94. The highest BCUT2D eigenvalue weighted by atomic mass is 32.2. The van der Waals surface area contributed by atoms with Gasteiger partial charge in [0.25, 0.3) is 15.7 Å². The first kappa shape index (κ1) is 17.7. The fraction of sp³-hybridized carbons (Fsp3) is 0.154. The lowest BCUT2D eigenvalue weighted by Crippen LogP contribution is -2.35. The number of rotatable bonds is 7. The van der Waals surface area contributed by atoms with Crippen LogP contribution in [0, 0.1) is 10.1 Å². The van der Waals surface area contributed by atoms with Crippen molar-refractivity contribution in [3.63, 3.8) is 0 Å². The van der Waals surface area contributed by atoms with Crippen LogP contribution in [0.2, 0.25) is 0 Å². The Hall–Kier alpha value is -2.66. The summed E-state index contributed by atoms with van der Waals surface area (Å²) in [5.74, 6) is -1.41. The molecule has 0 aliphatic rings. The third kappa shape index (κ3) is 3.46. The van der Waals surface area contributed by atoms with E-state index in [0.29, 0.717) is 4.31 Å². The van der Waals surface area contributed by atoms with Crippen LogP contribution in [0.4, 0.5) is 11.4 Å². The molecule has 11 heteroatoms. The molecule has 2 aromatic rings. The molecule has 0 aliphatic heterocycles. The number of carboxylic acids is 1. The number of carboxylic acid groups (broad SMARTS) is 1. The van der Waals surface area contributed by atoms with Gasteiger partial charge in [0.05, 0.1) is 12.0 Å². The van der Waals surface area contributed by atoms with Crippen molar-refractivity contribution in [3.8, 4) is 5.75 Å². The molecule has 1 N–H and O–H groups in total. The van der Waals surface area contributed by atoms with Gasteiger partial charge in [-0.2, -0.15) is 0 Å². The quantitative estimate of drug-likeness (QED) is 0.581. The van der Waals surface area contributed by atoms with Crippen molar-refractivity contribution in [2.75, 3.05) is 18.0 Å². The minimum atomic E-state index is -4.21. The minimum Gasteiger partial charge on any atom is -0.495 e. The normalized spacial score (nSPS) is 11.0. The number of anilines is 1. The molecule has 1 aromatic carbocycles. The second-order valence-electron chi connectivity index (χ2n) is 4.45. The van der Waals surface area contributed by atoms with Crippen molar-refractivity contribution in [3.05, 3.63) is 45.8 Å². The Balaban J connectivity index is 2.67. The van der Waals surface area contributed by atoms with Crippen molar-refractivity contribution in [1.82, 2.24) is 0 Å². The van der Waals surface area contributed by atoms with Gasteiger partial charge >= 0.3 is 5.97 Å². The van der Waals surface area contributed by atoms with E-state index in [4.69, 9.17) is 9.84 Å². The first-order chi connectivity index (χ1) is 11.3. The summed E-state index contributed by atoms with van der Waals surface area (Å²) in [6, 6.07) is 6.14. The van der Waals surface area contributed by atoms with Crippen LogP contribution >= 0.6 is 11.3 Å². The highest BCUT2D eigenvalue weighted by Crippen LogP contribution is 2.36. The second-order valence-corrected chi connectivity index (χ2v) is 7.49. The molecule has 0 radical (unpaired) electrons. The van der Waals surface area contributed by atoms with E-state index in [1.165, 1.54) is 30.7 Å². The first-order valence-corrected chi connectivity index (χ1v) is 8.70. The summed E-state index contributed by atoms with van der Waals surface area (Å²) in [5, 5.41) is 21.6. The number of nitrogens with zero attached hydrogens (tertiary/aromatic N) is 2. The largest absolute Gasteiger partial charge is 0.495 e. The van der Waals surface area contributed by atoms with Crippen LogP contribution in [0.3, 0.4) is 0 Å². The van der Waals surface area contributed by atoms with Gasteiger partial charge in [-0.25, -0.2) is 8.42 Å². The van der Waals surface area contributed by atoms with Crippen LogP contribution in [0.25, 0.3) is 0 Å². The van der Waals surface area contributed by atoms with E-state index in [1.54, 1.807) is 0 Å². The number of nitro benzene ring substituents is 1. The Morgan fingerprint density at radius 2 is 2.12 bits per heavy atom. The number of thiophene rings is 1. The van der Waals surface area contributed by atoms with E-state index in [2.05, 4.69) is 0 Å². The van der Waals surface area contributed by atoms with Crippen LogP contribution in [0.1, 0.15) is 0 Å². The number of ether oxygens (including phenoxy) is 1. The second kappa shape index (κ2) is 6.84. The summed E-state index contributed by atoms with van der Waals surface area (Å²) in [5.41, 5.74) is -0.606. The van der Waals surface area contributed by atoms with Gasteiger partial charge < -0.3 is 9.84 Å². The van der Waals surface area contributed by atoms with Gasteiger partial charge in [0.15, 0.2) is 0 Å². The molecule has 0 saturated carbocycles. The van der Waals surface area contributed by atoms with Gasteiger partial charge in [-0.05, 0) is 17.5 Å². The monoisotopic (exact) mass is 372 g/mol. The highest BCUT2D eigenvalue weighted by Gasteiger charge is 2.31. The molecule has 0 fully saturated rings. The molecule has 0 atom stereocenters. The Morgan fingerprint density at radius 1 is 1.42 bits per heavy atom. The maximum atomic E-state index is 12.7. The molecule has 1 aromatic heterocycles. The molecule has 1 heterocycles. The van der Waals surface area contributed by atoms with Gasteiger partial charge in [0.2, 0.25) is 0 Å². The van der Waals surface area contributed by atoms with Crippen molar-refractivity contribution in [2.24, 2.45) is 0 Å². The standard InChI is InChI=1S/C13H12N2O7S2/c1-22-11-5-4-9(15(18)19)7-10(11)14(8-12(16)17)24(20,21)13-3-2-6-23-13/h2-7H,8H2,1H3,(H,16,17). The molecule has 2 rings (SSSR count). The molecule has 9 nitrogen and oxygen atoms in total. The molecule has 0 spiro atoms. The van der Waals surface area contributed by atoms with Gasteiger partial charge in [-0.3, -0.25) is 19.2 Å². The maximum Gasteiger partial charge on any atom is 0.324 e. The summed E-state index contributed by atoms with van der Waals surface area (Å²) in [4.78, 5) is 21.4. The van der Waals surface area contributed by atoms with E-state index in [0.717, 1.165) is 23.5 Å². The number of benzene rings is 1. The average Bonchev–Trinajstić information content (AvgIpc) is 3.06. The molecule has 0 unspecified atom stereocenters. The lowest BCUT2D eigenvalue weighted by atomic mass is 10.2. The summed E-state index contributed by atoms with van der Waals surface area (Å²) in [7, 11) is -2.96. The highest BCUT2D eigenvalue weighted by molar-refractivity contribution is 7.94. The van der Waals surface area contributed by atoms with Gasteiger partial charge in [-0.1, -0.05) is 6.07 Å². The van der Waals surface area contributed by atoms with Crippen molar-refractivity contribution >= 4 is 38.7 Å². The average molecular weight is 372 g/mol. The number of sulfonamides is 1.